The molecule has 0 spiro atoms. The quantitative estimate of drug-likeness (QED) is 0.181. The number of esters is 8. The van der Waals surface area contributed by atoms with Crippen molar-refractivity contribution < 1.29 is 90.5 Å². The van der Waals surface area contributed by atoms with Gasteiger partial charge in [-0.05, 0) is 0 Å². The fourth-order valence-corrected chi connectivity index (χ4v) is 4.73. The van der Waals surface area contributed by atoms with Crippen molar-refractivity contribution in [3.05, 3.63) is 0 Å². The van der Waals surface area contributed by atoms with E-state index in [9.17, 15) is 38.4 Å². The fourth-order valence-electron chi connectivity index (χ4n) is 4.73. The summed E-state index contributed by atoms with van der Waals surface area (Å²) in [5.74, 6) is -7.02. The second-order valence-corrected chi connectivity index (χ2v) is 10.3. The molecule has 0 aliphatic carbocycles. The van der Waals surface area contributed by atoms with Crippen LogP contribution in [-0.4, -0.2) is 122 Å². The standard InChI is InChI=1S/C28H38O19/c1-11(29)37-9-19-22(40-14(4)32)24(42-16(6)34)26(27(45-19)44-18(8)36)47-28-25(43-17(7)35)23(41-15(5)33)21(39-13(3)31)20(46-28)10-38-12(2)30/h19-28H,9-10H2,1-8H3/t19-,20+,21+,22+,23-,24-,25-,26-,27?,28+/m0/s1. The van der Waals surface area contributed by atoms with E-state index >= 15 is 0 Å². The molecule has 10 atom stereocenters. The first-order valence-electron chi connectivity index (χ1n) is 14.2. The Morgan fingerprint density at radius 2 is 0.702 bits per heavy atom. The highest BCUT2D eigenvalue weighted by molar-refractivity contribution is 5.69. The fraction of sp³-hybridized carbons (Fsp3) is 0.714. The minimum atomic E-state index is -1.86. The highest BCUT2D eigenvalue weighted by atomic mass is 16.8. The van der Waals surface area contributed by atoms with Crippen LogP contribution < -0.4 is 0 Å². The molecule has 2 aliphatic heterocycles. The van der Waals surface area contributed by atoms with Crippen LogP contribution >= 0.6 is 0 Å². The van der Waals surface area contributed by atoms with Gasteiger partial charge in [0.05, 0.1) is 0 Å². The first-order chi connectivity index (χ1) is 21.9. The Kier molecular flexibility index (Phi) is 14.5. The highest BCUT2D eigenvalue weighted by Crippen LogP contribution is 2.35. The van der Waals surface area contributed by atoms with Crippen LogP contribution in [0.3, 0.4) is 0 Å². The molecule has 0 bridgehead atoms. The van der Waals surface area contributed by atoms with Crippen LogP contribution in [0.1, 0.15) is 55.4 Å². The molecule has 0 N–H and O–H groups in total. The van der Waals surface area contributed by atoms with Gasteiger partial charge in [0.25, 0.3) is 0 Å². The van der Waals surface area contributed by atoms with Gasteiger partial charge >= 0.3 is 47.8 Å². The molecule has 19 heteroatoms. The molecule has 2 heterocycles. The van der Waals surface area contributed by atoms with E-state index in [1.54, 1.807) is 0 Å². The third-order valence-electron chi connectivity index (χ3n) is 6.17. The number of carbonyl (C=O) groups excluding carboxylic acids is 8. The average Bonchev–Trinajstić information content (AvgIpc) is 2.91. The molecular weight excluding hydrogens is 640 g/mol. The minimum absolute atomic E-state index is 0.561. The summed E-state index contributed by atoms with van der Waals surface area (Å²) in [5, 5.41) is 0. The molecular formula is C28H38O19. The smallest absolute Gasteiger partial charge is 0.305 e. The van der Waals surface area contributed by atoms with Gasteiger partial charge in [-0.3, -0.25) is 38.4 Å². The normalized spacial score (nSPS) is 30.0. The lowest BCUT2D eigenvalue weighted by atomic mass is 9.96. The largest absolute Gasteiger partial charge is 0.463 e. The van der Waals surface area contributed by atoms with Crippen molar-refractivity contribution in [3.8, 4) is 0 Å². The first kappa shape index (κ1) is 38.8. The Bertz CT molecular complexity index is 1200. The van der Waals surface area contributed by atoms with E-state index in [1.165, 1.54) is 0 Å². The van der Waals surface area contributed by atoms with Crippen molar-refractivity contribution >= 4 is 47.8 Å². The first-order valence-corrected chi connectivity index (χ1v) is 14.2. The molecule has 0 aromatic rings. The zero-order valence-corrected chi connectivity index (χ0v) is 26.9. The molecule has 0 aromatic carbocycles. The summed E-state index contributed by atoms with van der Waals surface area (Å²) in [5.41, 5.74) is 0. The molecule has 264 valence electrons. The van der Waals surface area contributed by atoms with Gasteiger partial charge in [-0.25, -0.2) is 0 Å². The van der Waals surface area contributed by atoms with Crippen molar-refractivity contribution in [3.63, 3.8) is 0 Å². The van der Waals surface area contributed by atoms with Gasteiger partial charge in [-0.15, -0.1) is 0 Å². The van der Waals surface area contributed by atoms with Crippen LogP contribution in [0, 0.1) is 0 Å². The topological polar surface area (TPSA) is 238 Å². The van der Waals surface area contributed by atoms with Gasteiger partial charge in [-0.2, -0.15) is 0 Å². The van der Waals surface area contributed by atoms with Crippen LogP contribution in [0.5, 0.6) is 0 Å². The maximum absolute atomic E-state index is 12.3. The van der Waals surface area contributed by atoms with E-state index < -0.39 is 122 Å². The van der Waals surface area contributed by atoms with Gasteiger partial charge in [0.1, 0.15) is 25.4 Å². The Morgan fingerprint density at radius 3 is 1.06 bits per heavy atom. The van der Waals surface area contributed by atoms with E-state index in [0.29, 0.717) is 0 Å². The summed E-state index contributed by atoms with van der Waals surface area (Å²) < 4.78 is 60.2. The lowest BCUT2D eigenvalue weighted by Crippen LogP contribution is -2.67. The summed E-state index contributed by atoms with van der Waals surface area (Å²) in [4.78, 5) is 96.3. The number of hydrogen-bond donors (Lipinski definition) is 0. The van der Waals surface area contributed by atoms with Gasteiger partial charge in [0.15, 0.2) is 42.9 Å². The zero-order chi connectivity index (χ0) is 35.6. The van der Waals surface area contributed by atoms with Crippen molar-refractivity contribution in [2.45, 2.75) is 117 Å². The van der Waals surface area contributed by atoms with E-state index in [0.717, 1.165) is 55.4 Å². The molecule has 2 saturated heterocycles. The molecule has 0 aromatic heterocycles. The maximum Gasteiger partial charge on any atom is 0.305 e. The van der Waals surface area contributed by atoms with Gasteiger partial charge in [0.2, 0.25) is 6.29 Å². The molecule has 2 rings (SSSR count). The Labute approximate surface area is 268 Å². The van der Waals surface area contributed by atoms with Gasteiger partial charge in [-0.1, -0.05) is 0 Å². The summed E-state index contributed by atoms with van der Waals surface area (Å²) >= 11 is 0. The molecule has 2 fully saturated rings. The average molecular weight is 679 g/mol. The van der Waals surface area contributed by atoms with E-state index in [2.05, 4.69) is 0 Å². The highest BCUT2D eigenvalue weighted by Gasteiger charge is 2.58. The number of rotatable bonds is 12. The minimum Gasteiger partial charge on any atom is -0.463 e. The van der Waals surface area contributed by atoms with Crippen molar-refractivity contribution in [2.75, 3.05) is 13.2 Å². The Morgan fingerprint density at radius 1 is 0.383 bits per heavy atom. The second kappa shape index (κ2) is 17.5. The van der Waals surface area contributed by atoms with Crippen molar-refractivity contribution in [2.24, 2.45) is 0 Å². The van der Waals surface area contributed by atoms with Gasteiger partial charge in [0, 0.05) is 55.4 Å². The van der Waals surface area contributed by atoms with Crippen LogP contribution in [0.15, 0.2) is 0 Å². The number of hydrogen-bond acceptors (Lipinski definition) is 19. The van der Waals surface area contributed by atoms with Crippen molar-refractivity contribution in [1.82, 2.24) is 0 Å². The van der Waals surface area contributed by atoms with Crippen LogP contribution in [0.4, 0.5) is 0 Å². The summed E-state index contributed by atoms with van der Waals surface area (Å²) in [6.45, 7) is 7.10. The second-order valence-electron chi connectivity index (χ2n) is 10.3. The van der Waals surface area contributed by atoms with Gasteiger partial charge < -0.3 is 52.1 Å². The molecule has 1 unspecified atom stereocenters. The lowest BCUT2D eigenvalue weighted by Gasteiger charge is -2.48. The summed E-state index contributed by atoms with van der Waals surface area (Å²) in [6.07, 6.45) is -16.4. The molecule has 2 aliphatic rings. The monoisotopic (exact) mass is 678 g/mol. The number of carbonyl (C=O) groups is 8. The molecule has 19 nitrogen and oxygen atoms in total. The molecule has 0 amide bonds. The Balaban J connectivity index is 2.72. The predicted octanol–water partition coefficient (Wildman–Crippen LogP) is -0.831. The van der Waals surface area contributed by atoms with Crippen LogP contribution in [0.2, 0.25) is 0 Å². The zero-order valence-electron chi connectivity index (χ0n) is 26.9. The molecule has 0 radical (unpaired) electrons. The van der Waals surface area contributed by atoms with Crippen LogP contribution in [0.25, 0.3) is 0 Å². The predicted molar refractivity (Wildman–Crippen MR) is 145 cm³/mol. The van der Waals surface area contributed by atoms with Crippen LogP contribution in [-0.2, 0) is 90.5 Å². The lowest BCUT2D eigenvalue weighted by molar-refractivity contribution is -0.363. The summed E-state index contributed by atoms with van der Waals surface area (Å²) in [7, 11) is 0. The third kappa shape index (κ3) is 12.1. The third-order valence-corrected chi connectivity index (χ3v) is 6.17. The summed E-state index contributed by atoms with van der Waals surface area (Å²) in [6, 6.07) is 0. The molecule has 47 heavy (non-hydrogen) atoms. The van der Waals surface area contributed by atoms with Crippen molar-refractivity contribution in [1.29, 1.82) is 0 Å². The number of ether oxygens (including phenoxy) is 11. The van der Waals surface area contributed by atoms with E-state index in [1.807, 2.05) is 0 Å². The van der Waals surface area contributed by atoms with E-state index in [4.69, 9.17) is 52.1 Å². The molecule has 0 saturated carbocycles. The maximum atomic E-state index is 12.3. The van der Waals surface area contributed by atoms with E-state index in [-0.39, 0.29) is 0 Å². The Hall–Kier alpha value is -4.36. The SMILES string of the molecule is CC(=O)OC[C@@H]1OC(OC(C)=O)[C@@H](O[C@H]2O[C@H](COC(C)=O)[C@@H](OC(C)=O)[C@H](OC(C)=O)[C@@H]2OC(C)=O)[C@@H](OC(C)=O)[C@@H]1OC(C)=O.